The van der Waals surface area contributed by atoms with E-state index in [4.69, 9.17) is 0 Å². The summed E-state index contributed by atoms with van der Waals surface area (Å²) in [6.07, 6.45) is 2.14. The Morgan fingerprint density at radius 2 is 2.11 bits per heavy atom. The second-order valence-corrected chi connectivity index (χ2v) is 5.37. The molecule has 19 heavy (non-hydrogen) atoms. The van der Waals surface area contributed by atoms with E-state index in [1.807, 2.05) is 13.8 Å². The summed E-state index contributed by atoms with van der Waals surface area (Å²) in [5, 5.41) is 13.3. The Hall–Kier alpha value is -1.98. The second kappa shape index (κ2) is 4.60. The largest absolute Gasteiger partial charge is 0.347 e. The molecule has 0 heterocycles. The highest BCUT2D eigenvalue weighted by atomic mass is 19.1. The van der Waals surface area contributed by atoms with E-state index in [1.54, 1.807) is 0 Å². The zero-order chi connectivity index (χ0) is 14.2. The van der Waals surface area contributed by atoms with Gasteiger partial charge < -0.3 is 5.32 Å². The summed E-state index contributed by atoms with van der Waals surface area (Å²) in [6.45, 7) is 3.84. The van der Waals surface area contributed by atoms with E-state index in [2.05, 4.69) is 5.32 Å². The number of nitro groups is 1. The molecule has 0 spiro atoms. The molecule has 0 unspecified atom stereocenters. The molecule has 2 rings (SSSR count). The second-order valence-electron chi connectivity index (χ2n) is 5.37. The third-order valence-electron chi connectivity index (χ3n) is 3.44. The number of hydrogen-bond donors (Lipinski definition) is 1. The quantitative estimate of drug-likeness (QED) is 0.672. The molecule has 1 aliphatic rings. The van der Waals surface area contributed by atoms with Gasteiger partial charge in [-0.15, -0.1) is 0 Å². The van der Waals surface area contributed by atoms with Crippen LogP contribution in [0.2, 0.25) is 0 Å². The molecule has 1 aromatic rings. The first-order valence-corrected chi connectivity index (χ1v) is 6.08. The standard InChI is InChI=1S/C13H15FN2O3/c1-13(2,9-4-5-9)15-12(17)8-3-6-11(16(18)19)10(14)7-8/h3,6-7,9H,4-5H2,1-2H3,(H,15,17). The Bertz CT molecular complexity index is 539. The summed E-state index contributed by atoms with van der Waals surface area (Å²) in [7, 11) is 0. The van der Waals surface area contributed by atoms with Crippen LogP contribution < -0.4 is 5.32 Å². The molecule has 1 N–H and O–H groups in total. The van der Waals surface area contributed by atoms with Crippen LogP contribution in [0.15, 0.2) is 18.2 Å². The van der Waals surface area contributed by atoms with Crippen molar-refractivity contribution in [2.45, 2.75) is 32.2 Å². The lowest BCUT2D eigenvalue weighted by atomic mass is 9.98. The third-order valence-corrected chi connectivity index (χ3v) is 3.44. The molecular formula is C13H15FN2O3. The fourth-order valence-electron chi connectivity index (χ4n) is 2.07. The maximum absolute atomic E-state index is 13.4. The zero-order valence-electron chi connectivity index (χ0n) is 10.8. The number of nitrogens with one attached hydrogen (secondary N) is 1. The lowest BCUT2D eigenvalue weighted by molar-refractivity contribution is -0.387. The summed E-state index contributed by atoms with van der Waals surface area (Å²) in [6, 6.07) is 3.17. The number of hydrogen-bond acceptors (Lipinski definition) is 3. The molecule has 6 heteroatoms. The molecule has 1 amide bonds. The molecule has 1 aliphatic carbocycles. The highest BCUT2D eigenvalue weighted by Crippen LogP contribution is 2.39. The molecule has 0 bridgehead atoms. The number of carbonyl (C=O) groups excluding carboxylic acids is 1. The Balaban J connectivity index is 2.15. The van der Waals surface area contributed by atoms with E-state index >= 15 is 0 Å². The van der Waals surface area contributed by atoms with Crippen molar-refractivity contribution in [3.63, 3.8) is 0 Å². The highest BCUT2D eigenvalue weighted by molar-refractivity contribution is 5.95. The Labute approximate surface area is 110 Å². The first-order valence-electron chi connectivity index (χ1n) is 6.08. The average molecular weight is 266 g/mol. The van der Waals surface area contributed by atoms with Crippen LogP contribution in [0.5, 0.6) is 0 Å². The van der Waals surface area contributed by atoms with Crippen molar-refractivity contribution >= 4 is 11.6 Å². The van der Waals surface area contributed by atoms with Crippen LogP contribution in [0.3, 0.4) is 0 Å². The fourth-order valence-corrected chi connectivity index (χ4v) is 2.07. The summed E-state index contributed by atoms with van der Waals surface area (Å²) in [5.41, 5.74) is -0.871. The molecular weight excluding hydrogens is 251 g/mol. The van der Waals surface area contributed by atoms with Gasteiger partial charge in [0.05, 0.1) is 4.92 Å². The van der Waals surface area contributed by atoms with Gasteiger partial charge in [0.15, 0.2) is 0 Å². The molecule has 5 nitrogen and oxygen atoms in total. The minimum absolute atomic E-state index is 0.0943. The van der Waals surface area contributed by atoms with Crippen LogP contribution in [-0.2, 0) is 0 Å². The van der Waals surface area contributed by atoms with Gasteiger partial charge in [-0.2, -0.15) is 4.39 Å². The van der Waals surface area contributed by atoms with Gasteiger partial charge in [-0.1, -0.05) is 0 Å². The van der Waals surface area contributed by atoms with Crippen molar-refractivity contribution in [1.29, 1.82) is 0 Å². The van der Waals surface area contributed by atoms with E-state index in [0.29, 0.717) is 5.92 Å². The van der Waals surface area contributed by atoms with Gasteiger partial charge in [0, 0.05) is 17.2 Å². The third kappa shape index (κ3) is 2.89. The van der Waals surface area contributed by atoms with Crippen LogP contribution in [0.25, 0.3) is 0 Å². The van der Waals surface area contributed by atoms with Gasteiger partial charge in [0.25, 0.3) is 5.91 Å². The van der Waals surface area contributed by atoms with E-state index in [1.165, 1.54) is 6.07 Å². The first-order chi connectivity index (χ1) is 8.81. The number of amides is 1. The molecule has 0 saturated heterocycles. The average Bonchev–Trinajstić information content (AvgIpc) is 3.11. The SMILES string of the molecule is CC(C)(NC(=O)c1ccc([N+](=O)[O-])c(F)c1)C1CC1. The molecule has 1 aromatic carbocycles. The van der Waals surface area contributed by atoms with Crippen molar-refractivity contribution in [3.05, 3.63) is 39.7 Å². The maximum Gasteiger partial charge on any atom is 0.304 e. The van der Waals surface area contributed by atoms with E-state index in [9.17, 15) is 19.3 Å². The monoisotopic (exact) mass is 266 g/mol. The number of nitro benzene ring substituents is 1. The number of halogens is 1. The lowest BCUT2D eigenvalue weighted by Crippen LogP contribution is -2.45. The predicted octanol–water partition coefficient (Wildman–Crippen LogP) is 2.65. The van der Waals surface area contributed by atoms with Crippen LogP contribution in [0.4, 0.5) is 10.1 Å². The highest BCUT2D eigenvalue weighted by Gasteiger charge is 2.38. The van der Waals surface area contributed by atoms with Gasteiger partial charge >= 0.3 is 5.69 Å². The number of nitrogens with zero attached hydrogens (tertiary/aromatic N) is 1. The molecule has 1 fully saturated rings. The van der Waals surface area contributed by atoms with Gasteiger partial charge in [0.1, 0.15) is 0 Å². The molecule has 0 aliphatic heterocycles. The van der Waals surface area contributed by atoms with E-state index in [-0.39, 0.29) is 11.1 Å². The number of benzene rings is 1. The molecule has 0 aromatic heterocycles. The van der Waals surface area contributed by atoms with Crippen LogP contribution >= 0.6 is 0 Å². The Morgan fingerprint density at radius 1 is 1.47 bits per heavy atom. The molecule has 1 saturated carbocycles. The minimum Gasteiger partial charge on any atom is -0.347 e. The van der Waals surface area contributed by atoms with Crippen LogP contribution in [-0.4, -0.2) is 16.4 Å². The van der Waals surface area contributed by atoms with E-state index in [0.717, 1.165) is 25.0 Å². The van der Waals surface area contributed by atoms with Crippen molar-refractivity contribution in [3.8, 4) is 0 Å². The predicted molar refractivity (Wildman–Crippen MR) is 67.3 cm³/mol. The van der Waals surface area contributed by atoms with E-state index < -0.39 is 22.3 Å². The van der Waals surface area contributed by atoms with Crippen molar-refractivity contribution < 1.29 is 14.1 Å². The smallest absolute Gasteiger partial charge is 0.304 e. The molecule has 102 valence electrons. The Morgan fingerprint density at radius 3 is 2.58 bits per heavy atom. The molecule has 0 radical (unpaired) electrons. The van der Waals surface area contributed by atoms with Crippen LogP contribution in [0.1, 0.15) is 37.0 Å². The Kier molecular flexibility index (Phi) is 3.26. The van der Waals surface area contributed by atoms with Gasteiger partial charge in [-0.3, -0.25) is 14.9 Å². The number of rotatable bonds is 4. The van der Waals surface area contributed by atoms with Gasteiger partial charge in [0.2, 0.25) is 5.82 Å². The van der Waals surface area contributed by atoms with Gasteiger partial charge in [-0.25, -0.2) is 0 Å². The summed E-state index contributed by atoms with van der Waals surface area (Å²) in [5.74, 6) is -0.966. The van der Waals surface area contributed by atoms with Gasteiger partial charge in [-0.05, 0) is 44.7 Å². The summed E-state index contributed by atoms with van der Waals surface area (Å²) < 4.78 is 13.4. The van der Waals surface area contributed by atoms with Crippen molar-refractivity contribution in [2.24, 2.45) is 5.92 Å². The summed E-state index contributed by atoms with van der Waals surface area (Å²) in [4.78, 5) is 21.7. The maximum atomic E-state index is 13.4. The minimum atomic E-state index is -0.998. The zero-order valence-corrected chi connectivity index (χ0v) is 10.8. The normalized spacial score (nSPS) is 15.1. The van der Waals surface area contributed by atoms with Crippen LogP contribution in [0, 0.1) is 21.8 Å². The van der Waals surface area contributed by atoms with Crippen molar-refractivity contribution in [1.82, 2.24) is 5.32 Å². The molecule has 0 atom stereocenters. The topological polar surface area (TPSA) is 72.2 Å². The lowest BCUT2D eigenvalue weighted by Gasteiger charge is -2.26. The number of carbonyl (C=O) groups is 1. The summed E-state index contributed by atoms with van der Waals surface area (Å²) >= 11 is 0. The first kappa shape index (κ1) is 13.5. The van der Waals surface area contributed by atoms with Crippen molar-refractivity contribution in [2.75, 3.05) is 0 Å². The fraction of sp³-hybridized carbons (Fsp3) is 0.462.